The maximum Gasteiger partial charge on any atom is 0.0609 e. The van der Waals surface area contributed by atoms with E-state index in [1.165, 1.54) is 16.7 Å². The van der Waals surface area contributed by atoms with Gasteiger partial charge >= 0.3 is 0 Å². The lowest BCUT2D eigenvalue weighted by molar-refractivity contribution is 0.0661. The van der Waals surface area contributed by atoms with Gasteiger partial charge in [0.15, 0.2) is 0 Å². The van der Waals surface area contributed by atoms with Gasteiger partial charge in [0.25, 0.3) is 0 Å². The maximum atomic E-state index is 9.52. The first-order valence-electron chi connectivity index (χ1n) is 4.93. The SMILES string of the molecule is Cc1ccc(C2CCC2O)cc1C. The number of aliphatic hydroxyl groups excluding tert-OH is 1. The molecule has 1 fully saturated rings. The zero-order valence-corrected chi connectivity index (χ0v) is 8.25. The average Bonchev–Trinajstić information content (AvgIpc) is 2.09. The van der Waals surface area contributed by atoms with Crippen LogP contribution in [0.15, 0.2) is 18.2 Å². The minimum atomic E-state index is -0.0953. The van der Waals surface area contributed by atoms with E-state index >= 15 is 0 Å². The van der Waals surface area contributed by atoms with Gasteiger partial charge in [-0.1, -0.05) is 18.2 Å². The fraction of sp³-hybridized carbons (Fsp3) is 0.500. The zero-order chi connectivity index (χ0) is 9.42. The Morgan fingerprint density at radius 1 is 1.15 bits per heavy atom. The molecule has 0 bridgehead atoms. The molecule has 0 aromatic heterocycles. The Morgan fingerprint density at radius 3 is 2.38 bits per heavy atom. The number of aryl methyl sites for hydroxylation is 2. The van der Waals surface area contributed by atoms with Gasteiger partial charge in [-0.2, -0.15) is 0 Å². The molecule has 2 rings (SSSR count). The van der Waals surface area contributed by atoms with E-state index in [4.69, 9.17) is 0 Å². The lowest BCUT2D eigenvalue weighted by Crippen LogP contribution is -2.28. The van der Waals surface area contributed by atoms with Crippen molar-refractivity contribution in [3.8, 4) is 0 Å². The Morgan fingerprint density at radius 2 is 1.92 bits per heavy atom. The first-order valence-corrected chi connectivity index (χ1v) is 4.93. The van der Waals surface area contributed by atoms with Crippen LogP contribution >= 0.6 is 0 Å². The van der Waals surface area contributed by atoms with Crippen LogP contribution < -0.4 is 0 Å². The van der Waals surface area contributed by atoms with Crippen LogP contribution in [0.4, 0.5) is 0 Å². The summed E-state index contributed by atoms with van der Waals surface area (Å²) in [5.41, 5.74) is 3.97. The van der Waals surface area contributed by atoms with Crippen molar-refractivity contribution in [3.63, 3.8) is 0 Å². The number of rotatable bonds is 1. The van der Waals surface area contributed by atoms with Crippen molar-refractivity contribution in [2.24, 2.45) is 0 Å². The Balaban J connectivity index is 2.26. The molecule has 13 heavy (non-hydrogen) atoms. The predicted octanol–water partition coefficient (Wildman–Crippen LogP) is 2.54. The van der Waals surface area contributed by atoms with Crippen molar-refractivity contribution in [2.75, 3.05) is 0 Å². The van der Waals surface area contributed by atoms with E-state index in [9.17, 15) is 5.11 Å². The molecule has 0 saturated heterocycles. The molecule has 0 radical (unpaired) electrons. The van der Waals surface area contributed by atoms with Crippen molar-refractivity contribution in [1.29, 1.82) is 0 Å². The molecule has 2 atom stereocenters. The van der Waals surface area contributed by atoms with Crippen LogP contribution in [0.25, 0.3) is 0 Å². The third-order valence-electron chi connectivity index (χ3n) is 3.20. The van der Waals surface area contributed by atoms with Gasteiger partial charge in [-0.25, -0.2) is 0 Å². The standard InChI is InChI=1S/C12H16O/c1-8-3-4-10(7-9(8)2)11-5-6-12(11)13/h3-4,7,11-13H,5-6H2,1-2H3. The highest BCUT2D eigenvalue weighted by Gasteiger charge is 2.29. The molecule has 1 nitrogen and oxygen atoms in total. The van der Waals surface area contributed by atoms with E-state index in [1.807, 2.05) is 0 Å². The van der Waals surface area contributed by atoms with Crippen molar-refractivity contribution in [2.45, 2.75) is 38.7 Å². The van der Waals surface area contributed by atoms with Crippen LogP contribution in [0.1, 0.15) is 35.4 Å². The average molecular weight is 176 g/mol. The highest BCUT2D eigenvalue weighted by atomic mass is 16.3. The summed E-state index contributed by atoms with van der Waals surface area (Å²) < 4.78 is 0. The maximum absolute atomic E-state index is 9.52. The molecule has 0 spiro atoms. The predicted molar refractivity (Wildman–Crippen MR) is 53.9 cm³/mol. The summed E-state index contributed by atoms with van der Waals surface area (Å²) in [7, 11) is 0. The van der Waals surface area contributed by atoms with E-state index in [-0.39, 0.29) is 6.10 Å². The monoisotopic (exact) mass is 176 g/mol. The highest BCUT2D eigenvalue weighted by Crippen LogP contribution is 2.37. The molecule has 0 amide bonds. The van der Waals surface area contributed by atoms with E-state index in [2.05, 4.69) is 32.0 Å². The van der Waals surface area contributed by atoms with Crippen LogP contribution in [-0.4, -0.2) is 11.2 Å². The number of hydrogen-bond acceptors (Lipinski definition) is 1. The minimum absolute atomic E-state index is 0.0953. The van der Waals surface area contributed by atoms with E-state index < -0.39 is 0 Å². The zero-order valence-electron chi connectivity index (χ0n) is 8.25. The highest BCUT2D eigenvalue weighted by molar-refractivity contribution is 5.33. The fourth-order valence-corrected chi connectivity index (χ4v) is 1.87. The Labute approximate surface area is 79.4 Å². The van der Waals surface area contributed by atoms with Crippen molar-refractivity contribution < 1.29 is 5.11 Å². The molecule has 0 heterocycles. The van der Waals surface area contributed by atoms with Gasteiger partial charge in [0.2, 0.25) is 0 Å². The van der Waals surface area contributed by atoms with E-state index in [0.717, 1.165) is 12.8 Å². The molecule has 1 aliphatic carbocycles. The molecule has 70 valence electrons. The van der Waals surface area contributed by atoms with E-state index in [0.29, 0.717) is 5.92 Å². The molecule has 2 unspecified atom stereocenters. The quantitative estimate of drug-likeness (QED) is 0.697. The van der Waals surface area contributed by atoms with Gasteiger partial charge in [0, 0.05) is 5.92 Å². The first-order chi connectivity index (χ1) is 6.18. The molecule has 1 heteroatoms. The Hall–Kier alpha value is -0.820. The van der Waals surface area contributed by atoms with Gasteiger partial charge in [-0.15, -0.1) is 0 Å². The molecule has 1 aromatic rings. The summed E-state index contributed by atoms with van der Waals surface area (Å²) in [5, 5.41) is 9.52. The lowest BCUT2D eigenvalue weighted by Gasteiger charge is -2.33. The molecule has 1 aliphatic rings. The van der Waals surface area contributed by atoms with Crippen LogP contribution in [0.2, 0.25) is 0 Å². The second-order valence-corrected chi connectivity index (χ2v) is 4.09. The summed E-state index contributed by atoms with van der Waals surface area (Å²) in [6, 6.07) is 6.51. The molecular formula is C12H16O. The summed E-state index contributed by atoms with van der Waals surface area (Å²) in [5.74, 6) is 0.402. The summed E-state index contributed by atoms with van der Waals surface area (Å²) >= 11 is 0. The van der Waals surface area contributed by atoms with Crippen molar-refractivity contribution in [1.82, 2.24) is 0 Å². The second kappa shape index (κ2) is 3.15. The molecule has 1 saturated carbocycles. The Bertz CT molecular complexity index is 317. The lowest BCUT2D eigenvalue weighted by atomic mass is 9.76. The number of benzene rings is 1. The largest absolute Gasteiger partial charge is 0.392 e. The van der Waals surface area contributed by atoms with Gasteiger partial charge in [-0.3, -0.25) is 0 Å². The van der Waals surface area contributed by atoms with Crippen LogP contribution in [0, 0.1) is 13.8 Å². The van der Waals surface area contributed by atoms with Crippen molar-refractivity contribution in [3.05, 3.63) is 34.9 Å². The summed E-state index contributed by atoms with van der Waals surface area (Å²) in [6.07, 6.45) is 2.02. The fourth-order valence-electron chi connectivity index (χ4n) is 1.87. The van der Waals surface area contributed by atoms with Gasteiger partial charge in [-0.05, 0) is 43.4 Å². The second-order valence-electron chi connectivity index (χ2n) is 4.09. The van der Waals surface area contributed by atoms with Crippen LogP contribution in [0.5, 0.6) is 0 Å². The summed E-state index contributed by atoms with van der Waals surface area (Å²) in [6.45, 7) is 4.25. The topological polar surface area (TPSA) is 20.2 Å². The van der Waals surface area contributed by atoms with Gasteiger partial charge < -0.3 is 5.11 Å². The first kappa shape index (κ1) is 8.76. The normalized spacial score (nSPS) is 27.0. The van der Waals surface area contributed by atoms with Crippen LogP contribution in [0.3, 0.4) is 0 Å². The third kappa shape index (κ3) is 1.49. The molecule has 0 aliphatic heterocycles. The Kier molecular flexibility index (Phi) is 2.12. The number of hydrogen-bond donors (Lipinski definition) is 1. The van der Waals surface area contributed by atoms with Gasteiger partial charge in [0.1, 0.15) is 0 Å². The van der Waals surface area contributed by atoms with Crippen molar-refractivity contribution >= 4 is 0 Å². The van der Waals surface area contributed by atoms with E-state index in [1.54, 1.807) is 0 Å². The van der Waals surface area contributed by atoms with Gasteiger partial charge in [0.05, 0.1) is 6.10 Å². The molecular weight excluding hydrogens is 160 g/mol. The minimum Gasteiger partial charge on any atom is -0.392 e. The number of aliphatic hydroxyl groups is 1. The molecule has 1 aromatic carbocycles. The third-order valence-corrected chi connectivity index (χ3v) is 3.20. The van der Waals surface area contributed by atoms with Crippen LogP contribution in [-0.2, 0) is 0 Å². The summed E-state index contributed by atoms with van der Waals surface area (Å²) in [4.78, 5) is 0. The molecule has 1 N–H and O–H groups in total. The smallest absolute Gasteiger partial charge is 0.0609 e.